The van der Waals surface area contributed by atoms with Crippen molar-refractivity contribution in [1.82, 2.24) is 4.98 Å². The lowest BCUT2D eigenvalue weighted by Gasteiger charge is -2.33. The molecule has 1 unspecified atom stereocenters. The number of benzene rings is 2. The standard InChI is InChI=1S/C27H31NO4S/c1-33(31,32)27(25-11-6-16-28-25,24-10-5-7-21(17-24)18-26(29)30)19-20-12-14-23(15-13-20)22-8-3-2-4-9-22/h5-7,10-17,22,28H,2-4,8-9,18-19H2,1H3,(H,29,30). The number of hydrogen-bond acceptors (Lipinski definition) is 3. The molecule has 174 valence electrons. The lowest BCUT2D eigenvalue weighted by Crippen LogP contribution is -2.39. The number of aliphatic carboxylic acids is 1. The van der Waals surface area contributed by atoms with Gasteiger partial charge in [-0.15, -0.1) is 0 Å². The highest BCUT2D eigenvalue weighted by atomic mass is 32.2. The van der Waals surface area contributed by atoms with Gasteiger partial charge in [0.1, 0.15) is 4.75 Å². The first-order chi connectivity index (χ1) is 15.8. The zero-order valence-corrected chi connectivity index (χ0v) is 19.8. The van der Waals surface area contributed by atoms with Crippen molar-refractivity contribution >= 4 is 15.8 Å². The molecule has 1 saturated carbocycles. The van der Waals surface area contributed by atoms with Gasteiger partial charge < -0.3 is 10.1 Å². The van der Waals surface area contributed by atoms with E-state index in [1.807, 2.05) is 12.1 Å². The van der Waals surface area contributed by atoms with Crippen molar-refractivity contribution in [3.63, 3.8) is 0 Å². The van der Waals surface area contributed by atoms with Crippen molar-refractivity contribution in [3.05, 3.63) is 94.8 Å². The average molecular weight is 466 g/mol. The van der Waals surface area contributed by atoms with Crippen molar-refractivity contribution in [3.8, 4) is 0 Å². The van der Waals surface area contributed by atoms with E-state index in [4.69, 9.17) is 0 Å². The summed E-state index contributed by atoms with van der Waals surface area (Å²) in [4.78, 5) is 14.4. The van der Waals surface area contributed by atoms with E-state index >= 15 is 0 Å². The van der Waals surface area contributed by atoms with Gasteiger partial charge in [-0.05, 0) is 53.1 Å². The van der Waals surface area contributed by atoms with E-state index in [2.05, 4.69) is 17.1 Å². The summed E-state index contributed by atoms with van der Waals surface area (Å²) in [5.41, 5.74) is 3.98. The highest BCUT2D eigenvalue weighted by Gasteiger charge is 2.45. The van der Waals surface area contributed by atoms with Gasteiger partial charge in [0.2, 0.25) is 0 Å². The number of sulfone groups is 1. The molecule has 4 rings (SSSR count). The Balaban J connectivity index is 1.78. The predicted molar refractivity (Wildman–Crippen MR) is 130 cm³/mol. The molecule has 0 bridgehead atoms. The van der Waals surface area contributed by atoms with Crippen molar-refractivity contribution < 1.29 is 18.3 Å². The highest BCUT2D eigenvalue weighted by molar-refractivity contribution is 7.91. The van der Waals surface area contributed by atoms with Crippen molar-refractivity contribution in [2.24, 2.45) is 0 Å². The number of nitrogens with one attached hydrogen (secondary N) is 1. The predicted octanol–water partition coefficient (Wildman–Crippen LogP) is 5.22. The summed E-state index contributed by atoms with van der Waals surface area (Å²) in [6.07, 6.45) is 9.35. The van der Waals surface area contributed by atoms with Crippen LogP contribution in [0.2, 0.25) is 0 Å². The number of aromatic amines is 1. The number of rotatable bonds is 8. The van der Waals surface area contributed by atoms with Crippen LogP contribution in [-0.2, 0) is 32.2 Å². The van der Waals surface area contributed by atoms with Crippen LogP contribution >= 0.6 is 0 Å². The third kappa shape index (κ3) is 4.91. The van der Waals surface area contributed by atoms with Gasteiger partial charge in [-0.25, -0.2) is 8.42 Å². The SMILES string of the molecule is CS(=O)(=O)C(Cc1ccc(C2CCCCC2)cc1)(c1cccc(CC(=O)O)c1)c1ccc[nH]1. The van der Waals surface area contributed by atoms with Crippen molar-refractivity contribution in [2.75, 3.05) is 6.26 Å². The molecule has 0 amide bonds. The molecule has 2 aromatic carbocycles. The van der Waals surface area contributed by atoms with Gasteiger partial charge in [-0.1, -0.05) is 67.8 Å². The normalized spacial score (nSPS) is 16.9. The maximum atomic E-state index is 13.5. The van der Waals surface area contributed by atoms with Crippen LogP contribution in [-0.4, -0.2) is 30.7 Å². The molecular formula is C27H31NO4S. The smallest absolute Gasteiger partial charge is 0.307 e. The fourth-order valence-corrected chi connectivity index (χ4v) is 6.73. The Morgan fingerprint density at radius 3 is 2.33 bits per heavy atom. The van der Waals surface area contributed by atoms with Crippen LogP contribution in [0, 0.1) is 0 Å². The van der Waals surface area contributed by atoms with Crippen LogP contribution in [0.3, 0.4) is 0 Å². The number of carboxylic acid groups (broad SMARTS) is 1. The number of carboxylic acids is 1. The first-order valence-corrected chi connectivity index (χ1v) is 13.4. The molecule has 0 spiro atoms. The Bertz CT molecular complexity index is 1190. The number of H-pyrrole nitrogens is 1. The molecule has 1 aliphatic carbocycles. The summed E-state index contributed by atoms with van der Waals surface area (Å²) in [5.74, 6) is -0.362. The molecule has 6 heteroatoms. The van der Waals surface area contributed by atoms with E-state index in [1.165, 1.54) is 43.9 Å². The van der Waals surface area contributed by atoms with E-state index in [9.17, 15) is 18.3 Å². The molecule has 33 heavy (non-hydrogen) atoms. The van der Waals surface area contributed by atoms with Gasteiger partial charge in [0.25, 0.3) is 0 Å². The Morgan fingerprint density at radius 2 is 1.73 bits per heavy atom. The van der Waals surface area contributed by atoms with Gasteiger partial charge in [0, 0.05) is 24.6 Å². The Hall–Kier alpha value is -2.86. The second-order valence-corrected chi connectivity index (χ2v) is 11.4. The summed E-state index contributed by atoms with van der Waals surface area (Å²) >= 11 is 0. The zero-order valence-electron chi connectivity index (χ0n) is 19.0. The van der Waals surface area contributed by atoms with Crippen LogP contribution in [0.1, 0.15) is 66.0 Å². The summed E-state index contributed by atoms with van der Waals surface area (Å²) in [7, 11) is -3.66. The molecule has 1 aromatic heterocycles. The van der Waals surface area contributed by atoms with Gasteiger partial charge >= 0.3 is 5.97 Å². The van der Waals surface area contributed by atoms with Crippen LogP contribution in [0.15, 0.2) is 66.9 Å². The summed E-state index contributed by atoms with van der Waals surface area (Å²) < 4.78 is 25.6. The van der Waals surface area contributed by atoms with Crippen LogP contribution < -0.4 is 0 Å². The number of hydrogen-bond donors (Lipinski definition) is 2. The molecular weight excluding hydrogens is 434 g/mol. The highest BCUT2D eigenvalue weighted by Crippen LogP contribution is 2.41. The summed E-state index contributed by atoms with van der Waals surface area (Å²) in [6.45, 7) is 0. The lowest BCUT2D eigenvalue weighted by molar-refractivity contribution is -0.136. The van der Waals surface area contributed by atoms with Gasteiger partial charge in [-0.3, -0.25) is 4.79 Å². The molecule has 1 atom stereocenters. The monoisotopic (exact) mass is 465 g/mol. The fourth-order valence-electron chi connectivity index (χ4n) is 5.22. The topological polar surface area (TPSA) is 87.2 Å². The first kappa shape index (κ1) is 23.3. The van der Waals surface area contributed by atoms with E-state index in [1.54, 1.807) is 42.6 Å². The minimum absolute atomic E-state index is 0.158. The molecule has 5 nitrogen and oxygen atoms in total. The fraction of sp³-hybridized carbons (Fsp3) is 0.370. The number of carbonyl (C=O) groups is 1. The van der Waals surface area contributed by atoms with Crippen LogP contribution in [0.25, 0.3) is 0 Å². The largest absolute Gasteiger partial charge is 0.481 e. The molecule has 0 aliphatic heterocycles. The second kappa shape index (κ2) is 9.56. The van der Waals surface area contributed by atoms with Crippen molar-refractivity contribution in [1.29, 1.82) is 0 Å². The van der Waals surface area contributed by atoms with Crippen molar-refractivity contribution in [2.45, 2.75) is 55.6 Å². The molecule has 1 fully saturated rings. The minimum atomic E-state index is -3.66. The number of aromatic nitrogens is 1. The second-order valence-electron chi connectivity index (χ2n) is 9.21. The Morgan fingerprint density at radius 1 is 1.00 bits per heavy atom. The first-order valence-electron chi connectivity index (χ1n) is 11.5. The maximum Gasteiger partial charge on any atom is 0.307 e. The summed E-state index contributed by atoms with van der Waals surface area (Å²) in [6, 6.07) is 18.9. The minimum Gasteiger partial charge on any atom is -0.481 e. The quantitative estimate of drug-likeness (QED) is 0.477. The average Bonchev–Trinajstić information content (AvgIpc) is 3.32. The maximum absolute atomic E-state index is 13.5. The van der Waals surface area contributed by atoms with Gasteiger partial charge in [-0.2, -0.15) is 0 Å². The Labute approximate surface area is 195 Å². The van der Waals surface area contributed by atoms with Crippen LogP contribution in [0.4, 0.5) is 0 Å². The molecule has 0 radical (unpaired) electrons. The van der Waals surface area contributed by atoms with Gasteiger partial charge in [0.15, 0.2) is 9.84 Å². The van der Waals surface area contributed by atoms with Crippen LogP contribution in [0.5, 0.6) is 0 Å². The molecule has 0 saturated heterocycles. The molecule has 1 heterocycles. The van der Waals surface area contributed by atoms with E-state index in [0.717, 1.165) is 5.56 Å². The lowest BCUT2D eigenvalue weighted by atomic mass is 9.83. The van der Waals surface area contributed by atoms with E-state index in [-0.39, 0.29) is 12.8 Å². The molecule has 1 aliphatic rings. The third-order valence-electron chi connectivity index (χ3n) is 6.92. The Kier molecular flexibility index (Phi) is 6.75. The molecule has 3 aromatic rings. The third-order valence-corrected chi connectivity index (χ3v) is 8.79. The summed E-state index contributed by atoms with van der Waals surface area (Å²) in [5, 5.41) is 9.25. The molecule has 2 N–H and O–H groups in total. The van der Waals surface area contributed by atoms with E-state index in [0.29, 0.717) is 22.7 Å². The van der Waals surface area contributed by atoms with E-state index < -0.39 is 20.6 Å². The zero-order chi connectivity index (χ0) is 23.5. The van der Waals surface area contributed by atoms with Gasteiger partial charge in [0.05, 0.1) is 6.42 Å².